The summed E-state index contributed by atoms with van der Waals surface area (Å²) < 4.78 is 5.41. The Hall–Kier alpha value is -1.81. The fraction of sp³-hybridized carbons (Fsp3) is 0.250. The molecule has 0 aliphatic rings. The van der Waals surface area contributed by atoms with Crippen molar-refractivity contribution >= 4 is 5.69 Å². The molecule has 0 fully saturated rings. The van der Waals surface area contributed by atoms with Gasteiger partial charge in [-0.25, -0.2) is 0 Å². The zero-order valence-corrected chi connectivity index (χ0v) is 9.18. The van der Waals surface area contributed by atoms with E-state index in [0.717, 1.165) is 23.6 Å². The second kappa shape index (κ2) is 4.81. The van der Waals surface area contributed by atoms with E-state index < -0.39 is 0 Å². The third kappa shape index (κ3) is 2.06. The molecule has 3 N–H and O–H groups in total. The summed E-state index contributed by atoms with van der Waals surface area (Å²) in [6, 6.07) is 5.56. The van der Waals surface area contributed by atoms with Crippen molar-refractivity contribution in [3.8, 4) is 0 Å². The number of rotatable bonds is 4. The normalized spacial score (nSPS) is 12.6. The van der Waals surface area contributed by atoms with Crippen molar-refractivity contribution in [2.24, 2.45) is 0 Å². The van der Waals surface area contributed by atoms with E-state index in [1.807, 2.05) is 19.1 Å². The lowest BCUT2D eigenvalue weighted by Crippen LogP contribution is -2.22. The second-order valence-corrected chi connectivity index (χ2v) is 3.51. The molecule has 0 aromatic carbocycles. The largest absolute Gasteiger partial charge is 0.467 e. The van der Waals surface area contributed by atoms with Crippen LogP contribution in [0, 0.1) is 0 Å². The van der Waals surface area contributed by atoms with Gasteiger partial charge in [0, 0.05) is 23.6 Å². The molecule has 84 valence electrons. The summed E-state index contributed by atoms with van der Waals surface area (Å²) in [6.07, 6.45) is 5.11. The van der Waals surface area contributed by atoms with Gasteiger partial charge in [0.15, 0.2) is 0 Å². The third-order valence-electron chi connectivity index (χ3n) is 2.43. The molecule has 2 heterocycles. The van der Waals surface area contributed by atoms with Crippen LogP contribution in [0.15, 0.2) is 41.3 Å². The number of hydrogen-bond donors (Lipinski definition) is 2. The molecule has 0 saturated heterocycles. The minimum atomic E-state index is -0.0336. The number of pyridine rings is 1. The molecule has 0 radical (unpaired) electrons. The highest BCUT2D eigenvalue weighted by Gasteiger charge is 2.17. The van der Waals surface area contributed by atoms with Gasteiger partial charge in [0.05, 0.1) is 12.3 Å². The van der Waals surface area contributed by atoms with Gasteiger partial charge in [-0.2, -0.15) is 0 Å². The van der Waals surface area contributed by atoms with E-state index in [9.17, 15) is 0 Å². The zero-order chi connectivity index (χ0) is 11.4. The first-order valence-electron chi connectivity index (χ1n) is 5.29. The number of furan rings is 1. The minimum Gasteiger partial charge on any atom is -0.467 e. The van der Waals surface area contributed by atoms with Crippen LogP contribution in [-0.4, -0.2) is 11.5 Å². The molecule has 1 unspecified atom stereocenters. The predicted octanol–water partition coefficient (Wildman–Crippen LogP) is 1.96. The first-order valence-corrected chi connectivity index (χ1v) is 5.29. The Morgan fingerprint density at radius 2 is 2.38 bits per heavy atom. The summed E-state index contributed by atoms with van der Waals surface area (Å²) in [5, 5.41) is 3.33. The van der Waals surface area contributed by atoms with Crippen molar-refractivity contribution in [2.45, 2.75) is 13.0 Å². The average Bonchev–Trinajstić information content (AvgIpc) is 2.80. The van der Waals surface area contributed by atoms with Gasteiger partial charge in [0.1, 0.15) is 5.76 Å². The molecule has 0 saturated carbocycles. The van der Waals surface area contributed by atoms with Crippen molar-refractivity contribution in [1.82, 2.24) is 10.3 Å². The Balaban J connectivity index is 2.37. The number of nitrogen functional groups attached to an aromatic ring is 1. The van der Waals surface area contributed by atoms with Gasteiger partial charge in [-0.3, -0.25) is 4.98 Å². The molecule has 2 aromatic heterocycles. The fourth-order valence-corrected chi connectivity index (χ4v) is 1.68. The molecule has 0 amide bonds. The molecule has 2 rings (SSSR count). The summed E-state index contributed by atoms with van der Waals surface area (Å²) in [7, 11) is 0. The van der Waals surface area contributed by atoms with Gasteiger partial charge in [0.25, 0.3) is 0 Å². The Morgan fingerprint density at radius 1 is 1.50 bits per heavy atom. The van der Waals surface area contributed by atoms with Crippen LogP contribution < -0.4 is 11.1 Å². The Morgan fingerprint density at radius 3 is 3.00 bits per heavy atom. The van der Waals surface area contributed by atoms with Crippen LogP contribution >= 0.6 is 0 Å². The molecule has 4 nitrogen and oxygen atoms in total. The number of hydrogen-bond acceptors (Lipinski definition) is 4. The highest BCUT2D eigenvalue weighted by Crippen LogP contribution is 2.25. The zero-order valence-electron chi connectivity index (χ0n) is 9.18. The van der Waals surface area contributed by atoms with Gasteiger partial charge in [-0.1, -0.05) is 6.92 Å². The van der Waals surface area contributed by atoms with Crippen LogP contribution in [0.2, 0.25) is 0 Å². The average molecular weight is 217 g/mol. The van der Waals surface area contributed by atoms with Crippen LogP contribution in [0.4, 0.5) is 5.69 Å². The molecule has 0 aliphatic carbocycles. The van der Waals surface area contributed by atoms with Gasteiger partial charge in [-0.15, -0.1) is 0 Å². The summed E-state index contributed by atoms with van der Waals surface area (Å²) in [4.78, 5) is 4.10. The number of nitrogens with zero attached hydrogens (tertiary/aromatic N) is 1. The lowest BCUT2D eigenvalue weighted by molar-refractivity contribution is 0.452. The number of anilines is 1. The maximum absolute atomic E-state index is 5.94. The molecule has 2 aromatic rings. The quantitative estimate of drug-likeness (QED) is 0.821. The van der Waals surface area contributed by atoms with E-state index in [-0.39, 0.29) is 6.04 Å². The summed E-state index contributed by atoms with van der Waals surface area (Å²) in [6.45, 7) is 2.88. The van der Waals surface area contributed by atoms with Gasteiger partial charge < -0.3 is 15.5 Å². The first kappa shape index (κ1) is 10.7. The van der Waals surface area contributed by atoms with Gasteiger partial charge in [0.2, 0.25) is 0 Å². The fourth-order valence-electron chi connectivity index (χ4n) is 1.68. The van der Waals surface area contributed by atoms with Crippen molar-refractivity contribution in [1.29, 1.82) is 0 Å². The summed E-state index contributed by atoms with van der Waals surface area (Å²) in [5.41, 5.74) is 7.60. The molecular formula is C12H15N3O. The van der Waals surface area contributed by atoms with E-state index in [0.29, 0.717) is 0 Å². The summed E-state index contributed by atoms with van der Waals surface area (Å²) >= 11 is 0. The highest BCUT2D eigenvalue weighted by atomic mass is 16.3. The van der Waals surface area contributed by atoms with E-state index in [1.54, 1.807) is 24.7 Å². The van der Waals surface area contributed by atoms with Crippen LogP contribution in [0.1, 0.15) is 24.3 Å². The standard InChI is InChI=1S/C12H15N3O/c1-2-15-12(11-4-3-7-16-11)9-8-14-6-5-10(9)13/h3-8,12,15H,2H2,1H3,(H2,13,14). The van der Waals surface area contributed by atoms with Crippen LogP contribution in [0.25, 0.3) is 0 Å². The minimum absolute atomic E-state index is 0.0336. The van der Waals surface area contributed by atoms with Crippen LogP contribution in [-0.2, 0) is 0 Å². The lowest BCUT2D eigenvalue weighted by atomic mass is 10.1. The third-order valence-corrected chi connectivity index (χ3v) is 2.43. The molecule has 0 spiro atoms. The monoisotopic (exact) mass is 217 g/mol. The molecule has 1 atom stereocenters. The molecule has 16 heavy (non-hydrogen) atoms. The van der Waals surface area contributed by atoms with Crippen molar-refractivity contribution < 1.29 is 4.42 Å². The number of nitrogens with one attached hydrogen (secondary N) is 1. The lowest BCUT2D eigenvalue weighted by Gasteiger charge is -2.17. The molecule has 0 aliphatic heterocycles. The highest BCUT2D eigenvalue weighted by molar-refractivity contribution is 5.48. The predicted molar refractivity (Wildman–Crippen MR) is 62.9 cm³/mol. The second-order valence-electron chi connectivity index (χ2n) is 3.51. The molecular weight excluding hydrogens is 202 g/mol. The van der Waals surface area contributed by atoms with Crippen molar-refractivity contribution in [3.63, 3.8) is 0 Å². The number of aromatic nitrogens is 1. The Kier molecular flexibility index (Phi) is 3.22. The van der Waals surface area contributed by atoms with E-state index in [4.69, 9.17) is 10.2 Å². The van der Waals surface area contributed by atoms with E-state index in [2.05, 4.69) is 10.3 Å². The first-order chi connectivity index (χ1) is 7.83. The van der Waals surface area contributed by atoms with E-state index >= 15 is 0 Å². The Bertz CT molecular complexity index is 439. The van der Waals surface area contributed by atoms with Crippen molar-refractivity contribution in [3.05, 3.63) is 48.2 Å². The topological polar surface area (TPSA) is 64.1 Å². The number of nitrogens with two attached hydrogens (primary N) is 1. The summed E-state index contributed by atoms with van der Waals surface area (Å²) in [5.74, 6) is 0.849. The molecule has 4 heteroatoms. The Labute approximate surface area is 94.5 Å². The maximum atomic E-state index is 5.94. The van der Waals surface area contributed by atoms with Crippen LogP contribution in [0.5, 0.6) is 0 Å². The maximum Gasteiger partial charge on any atom is 0.125 e. The van der Waals surface area contributed by atoms with Crippen LogP contribution in [0.3, 0.4) is 0 Å². The SMILES string of the molecule is CCNC(c1ccco1)c1cnccc1N. The van der Waals surface area contributed by atoms with Crippen molar-refractivity contribution in [2.75, 3.05) is 12.3 Å². The van der Waals surface area contributed by atoms with Gasteiger partial charge >= 0.3 is 0 Å². The smallest absolute Gasteiger partial charge is 0.125 e. The molecule has 0 bridgehead atoms. The van der Waals surface area contributed by atoms with E-state index in [1.165, 1.54) is 0 Å². The van der Waals surface area contributed by atoms with Gasteiger partial charge in [-0.05, 0) is 24.7 Å².